The summed E-state index contributed by atoms with van der Waals surface area (Å²) in [5.41, 5.74) is -5.03. The Kier molecular flexibility index (Phi) is 4.09. The smallest absolute Gasteiger partial charge is 0.373 e. The van der Waals surface area contributed by atoms with Gasteiger partial charge in [0, 0.05) is 23.9 Å². The summed E-state index contributed by atoms with van der Waals surface area (Å²) in [6, 6.07) is 1.84. The predicted molar refractivity (Wildman–Crippen MR) is 77.4 cm³/mol. The molecule has 1 fully saturated rings. The summed E-state index contributed by atoms with van der Waals surface area (Å²) >= 11 is 0. The fourth-order valence-electron chi connectivity index (χ4n) is 3.59. The number of ketones is 1. The van der Waals surface area contributed by atoms with Gasteiger partial charge in [-0.2, -0.15) is 18.4 Å². The molecule has 0 aromatic carbocycles. The maximum Gasteiger partial charge on any atom is 0.426 e. The molecule has 2 aliphatic rings. The molecule has 1 aliphatic carbocycles. The number of allylic oxidation sites excluding steroid dienone is 1. The Labute approximate surface area is 137 Å². The lowest BCUT2D eigenvalue weighted by atomic mass is 9.64. The van der Waals surface area contributed by atoms with Gasteiger partial charge in [-0.15, -0.1) is 0 Å². The number of hydrogen-bond donors (Lipinski definition) is 1. The Morgan fingerprint density at radius 1 is 1.42 bits per heavy atom. The molecule has 5 nitrogen and oxygen atoms in total. The van der Waals surface area contributed by atoms with E-state index in [0.717, 1.165) is 4.90 Å². The van der Waals surface area contributed by atoms with Crippen LogP contribution in [0.4, 0.5) is 13.2 Å². The number of carbonyl (C=O) groups excluding carboxylic acids is 2. The molecule has 132 valence electrons. The SMILES string of the molecule is CC1(C)C[C@@]2(C=C(C#N)C1=O)CCN(C(=O)C(C)(O)C(F)(F)F)C2. The molecule has 0 aromatic rings. The standard InChI is InChI=1S/C16H19F3N2O3/c1-13(2)8-15(6-10(7-20)11(13)22)4-5-21(9-15)12(23)14(3,24)16(17,18)19/h6,24H,4-5,8-9H2,1-3H3/t14?,15-/m0/s1. The summed E-state index contributed by atoms with van der Waals surface area (Å²) in [6.07, 6.45) is -2.91. The van der Waals surface area contributed by atoms with Crippen LogP contribution in [-0.2, 0) is 9.59 Å². The average molecular weight is 344 g/mol. The lowest BCUT2D eigenvalue weighted by molar-refractivity contribution is -0.249. The van der Waals surface area contributed by atoms with Crippen LogP contribution in [0.5, 0.6) is 0 Å². The van der Waals surface area contributed by atoms with E-state index in [1.165, 1.54) is 6.08 Å². The molecule has 24 heavy (non-hydrogen) atoms. The third-order valence-corrected chi connectivity index (χ3v) is 4.87. The average Bonchev–Trinajstić information content (AvgIpc) is 2.83. The molecule has 1 spiro atoms. The lowest BCUT2D eigenvalue weighted by Crippen LogP contribution is -2.56. The molecule has 1 amide bonds. The highest BCUT2D eigenvalue weighted by molar-refractivity contribution is 6.03. The van der Waals surface area contributed by atoms with Crippen molar-refractivity contribution in [1.29, 1.82) is 5.26 Å². The van der Waals surface area contributed by atoms with E-state index in [9.17, 15) is 27.9 Å². The molecule has 1 unspecified atom stereocenters. The minimum atomic E-state index is -5.07. The number of likely N-dealkylation sites (tertiary alicyclic amines) is 1. The van der Waals surface area contributed by atoms with E-state index in [1.54, 1.807) is 13.8 Å². The highest BCUT2D eigenvalue weighted by Gasteiger charge is 2.59. The monoisotopic (exact) mass is 344 g/mol. The van der Waals surface area contributed by atoms with Crippen LogP contribution < -0.4 is 0 Å². The first-order chi connectivity index (χ1) is 10.8. The molecule has 2 atom stereocenters. The van der Waals surface area contributed by atoms with Gasteiger partial charge in [0.2, 0.25) is 5.60 Å². The van der Waals surface area contributed by atoms with E-state index in [4.69, 9.17) is 5.26 Å². The third kappa shape index (κ3) is 2.81. The second kappa shape index (κ2) is 5.31. The molecule has 2 rings (SSSR count). The number of aliphatic hydroxyl groups is 1. The summed E-state index contributed by atoms with van der Waals surface area (Å²) in [5, 5.41) is 18.7. The van der Waals surface area contributed by atoms with Gasteiger partial charge in [-0.25, -0.2) is 0 Å². The fraction of sp³-hybridized carbons (Fsp3) is 0.688. The van der Waals surface area contributed by atoms with Crippen molar-refractivity contribution in [3.63, 3.8) is 0 Å². The second-order valence-electron chi connectivity index (χ2n) is 7.47. The van der Waals surface area contributed by atoms with Crippen molar-refractivity contribution in [2.45, 2.75) is 45.4 Å². The molecule has 0 bridgehead atoms. The minimum absolute atomic E-state index is 0.0249. The minimum Gasteiger partial charge on any atom is -0.373 e. The highest BCUT2D eigenvalue weighted by atomic mass is 19.4. The van der Waals surface area contributed by atoms with Gasteiger partial charge in [0.05, 0.1) is 5.57 Å². The van der Waals surface area contributed by atoms with Gasteiger partial charge >= 0.3 is 6.18 Å². The molecule has 1 N–H and O–H groups in total. The van der Waals surface area contributed by atoms with Crippen LogP contribution in [0.3, 0.4) is 0 Å². The van der Waals surface area contributed by atoms with Crippen LogP contribution in [0, 0.1) is 22.2 Å². The van der Waals surface area contributed by atoms with Gasteiger partial charge in [-0.3, -0.25) is 9.59 Å². The first kappa shape index (κ1) is 18.5. The van der Waals surface area contributed by atoms with Crippen molar-refractivity contribution < 1.29 is 27.9 Å². The largest absolute Gasteiger partial charge is 0.426 e. The van der Waals surface area contributed by atoms with Crippen molar-refractivity contribution in [3.8, 4) is 6.07 Å². The molecule has 0 aromatic heterocycles. The molecule has 1 aliphatic heterocycles. The third-order valence-electron chi connectivity index (χ3n) is 4.87. The number of rotatable bonds is 1. The van der Waals surface area contributed by atoms with Crippen LogP contribution in [0.2, 0.25) is 0 Å². The number of nitriles is 1. The molecule has 1 heterocycles. The van der Waals surface area contributed by atoms with E-state index in [0.29, 0.717) is 19.8 Å². The molecule has 1 saturated heterocycles. The number of amides is 1. The Balaban J connectivity index is 2.30. The number of nitrogens with zero attached hydrogens (tertiary/aromatic N) is 2. The predicted octanol–water partition coefficient (Wildman–Crippen LogP) is 1.97. The van der Waals surface area contributed by atoms with Gasteiger partial charge in [0.1, 0.15) is 6.07 Å². The zero-order valence-corrected chi connectivity index (χ0v) is 13.7. The number of carbonyl (C=O) groups is 2. The van der Waals surface area contributed by atoms with Crippen molar-refractivity contribution in [2.24, 2.45) is 10.8 Å². The van der Waals surface area contributed by atoms with Gasteiger partial charge in [-0.05, 0) is 19.8 Å². The van der Waals surface area contributed by atoms with E-state index in [1.807, 2.05) is 6.07 Å². The normalized spacial score (nSPS) is 29.2. The van der Waals surface area contributed by atoms with Crippen molar-refractivity contribution in [1.82, 2.24) is 4.90 Å². The number of Topliss-reactive ketones (excluding diaryl/α,β-unsaturated/α-hetero) is 1. The van der Waals surface area contributed by atoms with Crippen LogP contribution in [0.25, 0.3) is 0 Å². The molecular formula is C16H19F3N2O3. The quantitative estimate of drug-likeness (QED) is 0.788. The van der Waals surface area contributed by atoms with Gasteiger partial charge in [-0.1, -0.05) is 19.9 Å². The van der Waals surface area contributed by atoms with Gasteiger partial charge in [0.25, 0.3) is 5.91 Å². The van der Waals surface area contributed by atoms with Crippen molar-refractivity contribution >= 4 is 11.7 Å². The summed E-state index contributed by atoms with van der Waals surface area (Å²) < 4.78 is 38.6. The van der Waals surface area contributed by atoms with Crippen molar-refractivity contribution in [3.05, 3.63) is 11.6 Å². The summed E-state index contributed by atoms with van der Waals surface area (Å²) in [6.45, 7) is 3.77. The van der Waals surface area contributed by atoms with Gasteiger partial charge in [0.15, 0.2) is 5.78 Å². The van der Waals surface area contributed by atoms with Crippen LogP contribution in [-0.4, -0.2) is 46.6 Å². The Hall–Kier alpha value is -1.88. The number of alkyl halides is 3. The molecule has 0 saturated carbocycles. The summed E-state index contributed by atoms with van der Waals surface area (Å²) in [4.78, 5) is 25.2. The zero-order chi connectivity index (χ0) is 18.6. The molecular weight excluding hydrogens is 325 g/mol. The fourth-order valence-corrected chi connectivity index (χ4v) is 3.59. The first-order valence-electron chi connectivity index (χ1n) is 7.52. The summed E-state index contributed by atoms with van der Waals surface area (Å²) in [7, 11) is 0. The van der Waals surface area contributed by atoms with E-state index >= 15 is 0 Å². The van der Waals surface area contributed by atoms with E-state index < -0.39 is 28.5 Å². The number of hydrogen-bond acceptors (Lipinski definition) is 4. The summed E-state index contributed by atoms with van der Waals surface area (Å²) in [5.74, 6) is -1.71. The molecule has 8 heteroatoms. The van der Waals surface area contributed by atoms with E-state index in [2.05, 4.69) is 0 Å². The lowest BCUT2D eigenvalue weighted by Gasteiger charge is -2.39. The highest BCUT2D eigenvalue weighted by Crippen LogP contribution is 2.48. The van der Waals surface area contributed by atoms with Crippen molar-refractivity contribution in [2.75, 3.05) is 13.1 Å². The second-order valence-corrected chi connectivity index (χ2v) is 7.47. The zero-order valence-electron chi connectivity index (χ0n) is 13.7. The van der Waals surface area contributed by atoms with Gasteiger partial charge < -0.3 is 10.0 Å². The maximum absolute atomic E-state index is 12.9. The Morgan fingerprint density at radius 2 is 2.00 bits per heavy atom. The van der Waals surface area contributed by atoms with Crippen LogP contribution in [0.15, 0.2) is 11.6 Å². The first-order valence-corrected chi connectivity index (χ1v) is 7.52. The Bertz CT molecular complexity index is 658. The number of halogens is 3. The topological polar surface area (TPSA) is 81.4 Å². The molecule has 0 radical (unpaired) electrons. The maximum atomic E-state index is 12.9. The van der Waals surface area contributed by atoms with Crippen LogP contribution >= 0.6 is 0 Å². The Morgan fingerprint density at radius 3 is 2.50 bits per heavy atom. The van der Waals surface area contributed by atoms with Crippen LogP contribution in [0.1, 0.15) is 33.6 Å². The van der Waals surface area contributed by atoms with E-state index in [-0.39, 0.29) is 24.4 Å².